The molecule has 0 saturated carbocycles. The number of aliphatic hydroxyl groups excluding tert-OH is 4. The molecule has 4 N–H and O–H groups in total. The lowest BCUT2D eigenvalue weighted by Gasteiger charge is -2.39. The molecule has 0 bridgehead atoms. The van der Waals surface area contributed by atoms with Crippen molar-refractivity contribution in [3.63, 3.8) is 0 Å². The van der Waals surface area contributed by atoms with Gasteiger partial charge in [-0.15, -0.1) is 0 Å². The van der Waals surface area contributed by atoms with Crippen molar-refractivity contribution in [3.05, 3.63) is 36.5 Å². The van der Waals surface area contributed by atoms with Gasteiger partial charge in [-0.2, -0.15) is 0 Å². The third kappa shape index (κ3) is 28.0. The van der Waals surface area contributed by atoms with E-state index in [0.29, 0.717) is 12.8 Å². The van der Waals surface area contributed by atoms with Crippen LogP contribution in [0.15, 0.2) is 36.5 Å². The summed E-state index contributed by atoms with van der Waals surface area (Å²) in [7, 11) is 0. The van der Waals surface area contributed by atoms with Crippen molar-refractivity contribution in [1.29, 1.82) is 0 Å². The standard InChI is InChI=1S/C45H80O10/c1-3-5-7-9-11-13-15-17-19-21-23-25-27-29-31-33-40(47)52-36-38(37-53-45-44(51)43(50)42(49)39(35-46)55-45)54-41(48)34-32-30-28-26-24-22-20-18-16-14-12-10-8-6-4-2/h14,16-20,38-39,42-46,49-51H,3-13,15,21-37H2,1-2H3/b16-14+,19-17+,20-18+/t38-,39-,42+,43?,44?,45-/m0/s1. The summed E-state index contributed by atoms with van der Waals surface area (Å²) in [5.74, 6) is -0.833. The zero-order chi connectivity index (χ0) is 40.2. The highest BCUT2D eigenvalue weighted by atomic mass is 16.7. The molecule has 320 valence electrons. The monoisotopic (exact) mass is 781 g/mol. The van der Waals surface area contributed by atoms with Crippen molar-refractivity contribution < 1.29 is 49.0 Å². The first kappa shape index (κ1) is 50.9. The predicted octanol–water partition coefficient (Wildman–Crippen LogP) is 9.11. The summed E-state index contributed by atoms with van der Waals surface area (Å²) in [5, 5.41) is 40.0. The highest BCUT2D eigenvalue weighted by Gasteiger charge is 2.44. The predicted molar refractivity (Wildman–Crippen MR) is 219 cm³/mol. The molecule has 1 aliphatic rings. The highest BCUT2D eigenvalue weighted by molar-refractivity contribution is 5.70. The van der Waals surface area contributed by atoms with E-state index in [9.17, 15) is 30.0 Å². The average Bonchev–Trinajstić information content (AvgIpc) is 3.18. The first-order valence-corrected chi connectivity index (χ1v) is 22.1. The third-order valence-electron chi connectivity index (χ3n) is 10.0. The second-order valence-electron chi connectivity index (χ2n) is 15.2. The van der Waals surface area contributed by atoms with Crippen LogP contribution >= 0.6 is 0 Å². The van der Waals surface area contributed by atoms with E-state index in [1.807, 2.05) is 0 Å². The Morgan fingerprint density at radius 3 is 1.55 bits per heavy atom. The lowest BCUT2D eigenvalue weighted by Crippen LogP contribution is -2.59. The number of ether oxygens (including phenoxy) is 4. The van der Waals surface area contributed by atoms with E-state index in [-0.39, 0.29) is 32.0 Å². The van der Waals surface area contributed by atoms with E-state index in [2.05, 4.69) is 50.3 Å². The van der Waals surface area contributed by atoms with E-state index in [4.69, 9.17) is 18.9 Å². The molecule has 1 heterocycles. The van der Waals surface area contributed by atoms with Gasteiger partial charge in [0.25, 0.3) is 0 Å². The van der Waals surface area contributed by atoms with Crippen LogP contribution in [0.2, 0.25) is 0 Å². The maximum absolute atomic E-state index is 12.7. The Balaban J connectivity index is 2.36. The third-order valence-corrected chi connectivity index (χ3v) is 10.0. The number of allylic oxidation sites excluding steroid dienone is 6. The van der Waals surface area contributed by atoms with Crippen LogP contribution in [-0.2, 0) is 28.5 Å². The van der Waals surface area contributed by atoms with Crippen LogP contribution in [-0.4, -0.2) is 89.0 Å². The summed E-state index contributed by atoms with van der Waals surface area (Å²) in [6.45, 7) is 3.37. The van der Waals surface area contributed by atoms with Crippen LogP contribution in [0, 0.1) is 0 Å². The molecule has 10 nitrogen and oxygen atoms in total. The van der Waals surface area contributed by atoms with Crippen LogP contribution in [0.25, 0.3) is 0 Å². The molecule has 0 aromatic carbocycles. The van der Waals surface area contributed by atoms with E-state index in [1.165, 1.54) is 70.6 Å². The van der Waals surface area contributed by atoms with Gasteiger partial charge in [0.2, 0.25) is 0 Å². The first-order valence-electron chi connectivity index (χ1n) is 22.1. The minimum Gasteiger partial charge on any atom is -0.462 e. The number of rotatable bonds is 36. The fourth-order valence-electron chi connectivity index (χ4n) is 6.47. The van der Waals surface area contributed by atoms with Crippen molar-refractivity contribution in [2.24, 2.45) is 0 Å². The normalized spacial score (nSPS) is 20.9. The lowest BCUT2D eigenvalue weighted by molar-refractivity contribution is -0.305. The van der Waals surface area contributed by atoms with Crippen molar-refractivity contribution in [3.8, 4) is 0 Å². The Hall–Kier alpha value is -2.08. The molecule has 1 aliphatic heterocycles. The van der Waals surface area contributed by atoms with Crippen molar-refractivity contribution >= 4 is 11.9 Å². The van der Waals surface area contributed by atoms with Crippen molar-refractivity contribution in [2.75, 3.05) is 19.8 Å². The zero-order valence-corrected chi connectivity index (χ0v) is 34.7. The number of unbranched alkanes of at least 4 members (excludes halogenated alkanes) is 20. The highest BCUT2D eigenvalue weighted by Crippen LogP contribution is 2.22. The number of hydrogen-bond donors (Lipinski definition) is 4. The van der Waals surface area contributed by atoms with E-state index >= 15 is 0 Å². The van der Waals surface area contributed by atoms with Crippen LogP contribution in [0.1, 0.15) is 181 Å². The molecule has 2 unspecified atom stereocenters. The van der Waals surface area contributed by atoms with E-state index in [0.717, 1.165) is 70.6 Å². The summed E-state index contributed by atoms with van der Waals surface area (Å²) in [4.78, 5) is 25.3. The summed E-state index contributed by atoms with van der Waals surface area (Å²) in [5.41, 5.74) is 0. The molecule has 0 amide bonds. The summed E-state index contributed by atoms with van der Waals surface area (Å²) in [6.07, 6.45) is 32.9. The number of carbonyl (C=O) groups is 2. The van der Waals surface area contributed by atoms with Gasteiger partial charge in [0, 0.05) is 12.8 Å². The van der Waals surface area contributed by atoms with Crippen molar-refractivity contribution in [1.82, 2.24) is 0 Å². The van der Waals surface area contributed by atoms with Crippen LogP contribution in [0.3, 0.4) is 0 Å². The van der Waals surface area contributed by atoms with Gasteiger partial charge in [0.1, 0.15) is 31.0 Å². The van der Waals surface area contributed by atoms with Crippen LogP contribution in [0.4, 0.5) is 0 Å². The van der Waals surface area contributed by atoms with Gasteiger partial charge in [-0.3, -0.25) is 9.59 Å². The van der Waals surface area contributed by atoms with Crippen molar-refractivity contribution in [2.45, 2.75) is 218 Å². The molecule has 55 heavy (non-hydrogen) atoms. The quantitative estimate of drug-likeness (QED) is 0.0210. The van der Waals surface area contributed by atoms with Gasteiger partial charge in [-0.05, 0) is 64.2 Å². The van der Waals surface area contributed by atoms with Gasteiger partial charge in [0.05, 0.1) is 13.2 Å². The second kappa shape index (κ2) is 36.3. The largest absolute Gasteiger partial charge is 0.462 e. The lowest BCUT2D eigenvalue weighted by atomic mass is 9.99. The Bertz CT molecular complexity index is 996. The van der Waals surface area contributed by atoms with Gasteiger partial charge in [-0.25, -0.2) is 0 Å². The molecule has 0 radical (unpaired) electrons. The molecule has 1 saturated heterocycles. The second-order valence-corrected chi connectivity index (χ2v) is 15.2. The smallest absolute Gasteiger partial charge is 0.306 e. The zero-order valence-electron chi connectivity index (χ0n) is 34.7. The summed E-state index contributed by atoms with van der Waals surface area (Å²) < 4.78 is 22.1. The molecular formula is C45H80O10. The summed E-state index contributed by atoms with van der Waals surface area (Å²) in [6, 6.07) is 0. The first-order chi connectivity index (χ1) is 26.8. The molecule has 0 aliphatic carbocycles. The van der Waals surface area contributed by atoms with Crippen LogP contribution < -0.4 is 0 Å². The maximum atomic E-state index is 12.7. The SMILES string of the molecule is CCCCCC/C=C/C=C/CCCCCCCC(=O)O[C@@H](COC(=O)CCCCCCC/C=C/CCCCCCCC)CO[C@H]1O[C@@H](CO)[C@@H](O)C(O)C1O. The molecule has 1 rings (SSSR count). The molecular weight excluding hydrogens is 700 g/mol. The van der Waals surface area contributed by atoms with E-state index < -0.39 is 49.4 Å². The van der Waals surface area contributed by atoms with Gasteiger partial charge in [0.15, 0.2) is 12.4 Å². The number of hydrogen-bond acceptors (Lipinski definition) is 10. The Morgan fingerprint density at radius 1 is 0.564 bits per heavy atom. The fraction of sp³-hybridized carbons (Fsp3) is 0.822. The number of carbonyl (C=O) groups excluding carboxylic acids is 2. The van der Waals surface area contributed by atoms with E-state index in [1.54, 1.807) is 0 Å². The molecule has 6 atom stereocenters. The number of esters is 2. The number of aliphatic hydroxyl groups is 4. The Labute approximate surface area is 334 Å². The average molecular weight is 781 g/mol. The molecule has 1 fully saturated rings. The topological polar surface area (TPSA) is 152 Å². The molecule has 0 aromatic rings. The maximum Gasteiger partial charge on any atom is 0.306 e. The van der Waals surface area contributed by atoms with Crippen LogP contribution in [0.5, 0.6) is 0 Å². The van der Waals surface area contributed by atoms with Gasteiger partial charge >= 0.3 is 11.9 Å². The van der Waals surface area contributed by atoms with Gasteiger partial charge < -0.3 is 39.4 Å². The summed E-state index contributed by atoms with van der Waals surface area (Å²) >= 11 is 0. The molecule has 10 heteroatoms. The minimum absolute atomic E-state index is 0.211. The minimum atomic E-state index is -1.60. The molecule has 0 spiro atoms. The fourth-order valence-corrected chi connectivity index (χ4v) is 6.47. The Kier molecular flexibility index (Phi) is 33.6. The van der Waals surface area contributed by atoms with Gasteiger partial charge in [-0.1, -0.05) is 140 Å². The molecule has 0 aromatic heterocycles. The Morgan fingerprint density at radius 2 is 1.02 bits per heavy atom.